The van der Waals surface area contributed by atoms with Gasteiger partial charge in [0.05, 0.1) is 13.4 Å². The molecule has 1 heterocycles. The second kappa shape index (κ2) is 10.8. The molecule has 0 saturated carbocycles. The van der Waals surface area contributed by atoms with Gasteiger partial charge in [-0.25, -0.2) is 0 Å². The maximum atomic E-state index is 12.8. The fourth-order valence-electron chi connectivity index (χ4n) is 3.18. The Morgan fingerprint density at radius 3 is 2.55 bits per heavy atom. The van der Waals surface area contributed by atoms with E-state index in [-0.39, 0.29) is 17.5 Å². The molecule has 0 bridgehead atoms. The number of nitrogens with one attached hydrogen (secondary N) is 2. The molecule has 1 aromatic heterocycles. The summed E-state index contributed by atoms with van der Waals surface area (Å²) in [7, 11) is 1.64. The molecular weight excluding hydrogens is 392 g/mol. The summed E-state index contributed by atoms with van der Waals surface area (Å²) >= 11 is 0. The van der Waals surface area contributed by atoms with Crippen LogP contribution in [-0.4, -0.2) is 25.5 Å². The molecule has 2 amide bonds. The highest BCUT2D eigenvalue weighted by atomic mass is 16.5. The SMILES string of the molecule is COc1ccccc1CCCNC(=O)/C(=C/c1ccco1)NC(=O)c1ccccc1C. The van der Waals surface area contributed by atoms with Gasteiger partial charge in [0.2, 0.25) is 0 Å². The molecule has 6 heteroatoms. The van der Waals surface area contributed by atoms with E-state index in [1.165, 1.54) is 12.3 Å². The zero-order valence-corrected chi connectivity index (χ0v) is 17.7. The van der Waals surface area contributed by atoms with Gasteiger partial charge in [-0.05, 0) is 55.2 Å². The van der Waals surface area contributed by atoms with Crippen LogP contribution >= 0.6 is 0 Å². The molecule has 2 aromatic carbocycles. The van der Waals surface area contributed by atoms with Crippen molar-refractivity contribution in [2.45, 2.75) is 19.8 Å². The van der Waals surface area contributed by atoms with E-state index in [0.717, 1.165) is 29.7 Å². The number of carbonyl (C=O) groups is 2. The third-order valence-electron chi connectivity index (χ3n) is 4.81. The Labute approximate surface area is 181 Å². The average Bonchev–Trinajstić information content (AvgIpc) is 3.29. The first kappa shape index (κ1) is 21.9. The Morgan fingerprint density at radius 2 is 1.81 bits per heavy atom. The average molecular weight is 418 g/mol. The van der Waals surface area contributed by atoms with Gasteiger partial charge in [-0.3, -0.25) is 9.59 Å². The summed E-state index contributed by atoms with van der Waals surface area (Å²) in [6.45, 7) is 2.30. The number of hydrogen-bond acceptors (Lipinski definition) is 4. The first-order chi connectivity index (χ1) is 15.1. The minimum atomic E-state index is -0.377. The number of methoxy groups -OCH3 is 1. The molecule has 3 aromatic rings. The Bertz CT molecular complexity index is 1050. The van der Waals surface area contributed by atoms with Crippen molar-refractivity contribution in [1.29, 1.82) is 0 Å². The fourth-order valence-corrected chi connectivity index (χ4v) is 3.18. The standard InChI is InChI=1S/C25H26N2O4/c1-18-9-3-5-13-21(18)24(28)27-22(17-20-12-8-16-31-20)25(29)26-15-7-11-19-10-4-6-14-23(19)30-2/h3-6,8-10,12-14,16-17H,7,11,15H2,1-2H3,(H,26,29)(H,27,28)/b22-17-. The number of para-hydroxylation sites is 1. The Hall–Kier alpha value is -3.80. The number of amides is 2. The van der Waals surface area contributed by atoms with E-state index in [2.05, 4.69) is 10.6 Å². The predicted molar refractivity (Wildman–Crippen MR) is 120 cm³/mol. The zero-order valence-electron chi connectivity index (χ0n) is 17.7. The van der Waals surface area contributed by atoms with Crippen molar-refractivity contribution in [3.05, 3.63) is 95.1 Å². The first-order valence-electron chi connectivity index (χ1n) is 10.1. The molecular formula is C25H26N2O4. The lowest BCUT2D eigenvalue weighted by Crippen LogP contribution is -2.35. The Balaban J connectivity index is 1.64. The normalized spacial score (nSPS) is 11.1. The van der Waals surface area contributed by atoms with Gasteiger partial charge in [0.1, 0.15) is 17.2 Å². The molecule has 0 atom stereocenters. The smallest absolute Gasteiger partial charge is 0.267 e. The predicted octanol–water partition coefficient (Wildman–Crippen LogP) is 4.12. The molecule has 0 aliphatic carbocycles. The van der Waals surface area contributed by atoms with Crippen LogP contribution in [-0.2, 0) is 11.2 Å². The van der Waals surface area contributed by atoms with Crippen molar-refractivity contribution in [3.8, 4) is 5.75 Å². The van der Waals surface area contributed by atoms with E-state index >= 15 is 0 Å². The summed E-state index contributed by atoms with van der Waals surface area (Å²) in [5, 5.41) is 5.59. The van der Waals surface area contributed by atoms with E-state index in [9.17, 15) is 9.59 Å². The van der Waals surface area contributed by atoms with Gasteiger partial charge in [0.25, 0.3) is 11.8 Å². The van der Waals surface area contributed by atoms with E-state index in [0.29, 0.717) is 17.9 Å². The third-order valence-corrected chi connectivity index (χ3v) is 4.81. The summed E-state index contributed by atoms with van der Waals surface area (Å²) in [5.74, 6) is 0.584. The first-order valence-corrected chi connectivity index (χ1v) is 10.1. The number of carbonyl (C=O) groups excluding carboxylic acids is 2. The van der Waals surface area contributed by atoms with Gasteiger partial charge in [-0.2, -0.15) is 0 Å². The number of furan rings is 1. The Morgan fingerprint density at radius 1 is 1.03 bits per heavy atom. The Kier molecular flexibility index (Phi) is 7.65. The van der Waals surface area contributed by atoms with Gasteiger partial charge in [-0.15, -0.1) is 0 Å². The molecule has 0 aliphatic heterocycles. The largest absolute Gasteiger partial charge is 0.496 e. The number of ether oxygens (including phenoxy) is 1. The van der Waals surface area contributed by atoms with Crippen molar-refractivity contribution in [2.75, 3.05) is 13.7 Å². The summed E-state index contributed by atoms with van der Waals surface area (Å²) in [5.41, 5.74) is 2.55. The van der Waals surface area contributed by atoms with E-state index in [1.807, 2.05) is 43.3 Å². The molecule has 0 spiro atoms. The van der Waals surface area contributed by atoms with Crippen molar-refractivity contribution in [3.63, 3.8) is 0 Å². The quantitative estimate of drug-likeness (QED) is 0.405. The van der Waals surface area contributed by atoms with Crippen LogP contribution in [0.2, 0.25) is 0 Å². The maximum absolute atomic E-state index is 12.8. The molecule has 0 aliphatic rings. The molecule has 0 saturated heterocycles. The summed E-state index contributed by atoms with van der Waals surface area (Å²) in [6, 6.07) is 18.5. The van der Waals surface area contributed by atoms with Crippen LogP contribution in [0.5, 0.6) is 5.75 Å². The second-order valence-electron chi connectivity index (χ2n) is 7.01. The lowest BCUT2D eigenvalue weighted by Gasteiger charge is -2.12. The lowest BCUT2D eigenvalue weighted by molar-refractivity contribution is -0.117. The summed E-state index contributed by atoms with van der Waals surface area (Å²) in [6.07, 6.45) is 4.52. The van der Waals surface area contributed by atoms with E-state index in [4.69, 9.17) is 9.15 Å². The molecule has 31 heavy (non-hydrogen) atoms. The van der Waals surface area contributed by atoms with Crippen LogP contribution in [0.25, 0.3) is 6.08 Å². The summed E-state index contributed by atoms with van der Waals surface area (Å²) < 4.78 is 10.7. The second-order valence-corrected chi connectivity index (χ2v) is 7.01. The van der Waals surface area contributed by atoms with Crippen LogP contribution < -0.4 is 15.4 Å². The summed E-state index contributed by atoms with van der Waals surface area (Å²) in [4.78, 5) is 25.5. The van der Waals surface area contributed by atoms with Crippen LogP contribution in [0, 0.1) is 6.92 Å². The van der Waals surface area contributed by atoms with Gasteiger partial charge in [0.15, 0.2) is 0 Å². The minimum absolute atomic E-state index is 0.125. The number of hydrogen-bond donors (Lipinski definition) is 2. The molecule has 0 fully saturated rings. The van der Waals surface area contributed by atoms with Crippen LogP contribution in [0.3, 0.4) is 0 Å². The van der Waals surface area contributed by atoms with Crippen LogP contribution in [0.4, 0.5) is 0 Å². The molecule has 6 nitrogen and oxygen atoms in total. The highest BCUT2D eigenvalue weighted by Gasteiger charge is 2.16. The molecule has 0 unspecified atom stereocenters. The zero-order chi connectivity index (χ0) is 22.1. The third kappa shape index (κ3) is 6.09. The number of benzene rings is 2. The lowest BCUT2D eigenvalue weighted by atomic mass is 10.1. The van der Waals surface area contributed by atoms with Crippen molar-refractivity contribution < 1.29 is 18.7 Å². The molecule has 160 valence electrons. The molecule has 0 radical (unpaired) electrons. The molecule has 2 N–H and O–H groups in total. The topological polar surface area (TPSA) is 80.6 Å². The van der Waals surface area contributed by atoms with Gasteiger partial charge in [-0.1, -0.05) is 36.4 Å². The van der Waals surface area contributed by atoms with Gasteiger partial charge >= 0.3 is 0 Å². The van der Waals surface area contributed by atoms with Gasteiger partial charge < -0.3 is 19.8 Å². The van der Waals surface area contributed by atoms with Crippen molar-refractivity contribution in [2.24, 2.45) is 0 Å². The van der Waals surface area contributed by atoms with Crippen molar-refractivity contribution >= 4 is 17.9 Å². The van der Waals surface area contributed by atoms with E-state index in [1.54, 1.807) is 31.4 Å². The molecule has 3 rings (SSSR count). The van der Waals surface area contributed by atoms with E-state index < -0.39 is 0 Å². The number of rotatable bonds is 9. The van der Waals surface area contributed by atoms with Crippen LogP contribution in [0.1, 0.15) is 33.7 Å². The fraction of sp³-hybridized carbons (Fsp3) is 0.200. The highest BCUT2D eigenvalue weighted by molar-refractivity contribution is 6.05. The monoisotopic (exact) mass is 418 g/mol. The number of aryl methyl sites for hydroxylation is 2. The van der Waals surface area contributed by atoms with Crippen molar-refractivity contribution in [1.82, 2.24) is 10.6 Å². The maximum Gasteiger partial charge on any atom is 0.267 e. The van der Waals surface area contributed by atoms with Crippen LogP contribution in [0.15, 0.2) is 77.0 Å². The van der Waals surface area contributed by atoms with Gasteiger partial charge in [0, 0.05) is 18.2 Å². The minimum Gasteiger partial charge on any atom is -0.496 e. The highest BCUT2D eigenvalue weighted by Crippen LogP contribution is 2.18.